The van der Waals surface area contributed by atoms with E-state index in [1.165, 1.54) is 50.1 Å². The summed E-state index contributed by atoms with van der Waals surface area (Å²) < 4.78 is 4.83. The maximum Gasteiger partial charge on any atom is 0.0648 e. The quantitative estimate of drug-likeness (QED) is 0.146. The molecule has 1 atom stereocenters. The van der Waals surface area contributed by atoms with Gasteiger partial charge in [-0.25, -0.2) is 0 Å². The van der Waals surface area contributed by atoms with Gasteiger partial charge in [0.15, 0.2) is 0 Å². The van der Waals surface area contributed by atoms with Crippen molar-refractivity contribution >= 4 is 10.9 Å². The molecule has 5 heteroatoms. The number of benzene rings is 2. The highest BCUT2D eigenvalue weighted by atomic mass is 15.3. The van der Waals surface area contributed by atoms with Crippen molar-refractivity contribution in [1.29, 1.82) is 0 Å². The van der Waals surface area contributed by atoms with E-state index in [4.69, 9.17) is 10.8 Å². The second-order valence-corrected chi connectivity index (χ2v) is 13.9. The average molecular weight is 606 g/mol. The fourth-order valence-electron chi connectivity index (χ4n) is 7.30. The Labute approximate surface area is 271 Å². The van der Waals surface area contributed by atoms with Crippen LogP contribution < -0.4 is 5.73 Å². The molecular weight excluding hydrogens is 550 g/mol. The maximum absolute atomic E-state index is 6.99. The van der Waals surface area contributed by atoms with Crippen LogP contribution in [0.5, 0.6) is 0 Å². The zero-order valence-electron chi connectivity index (χ0n) is 28.5. The highest BCUT2D eigenvalue weighted by molar-refractivity contribution is 5.95. The number of allylic oxidation sites excluding steroid dienone is 2. The summed E-state index contributed by atoms with van der Waals surface area (Å²) in [4.78, 5) is 2.42. The van der Waals surface area contributed by atoms with Crippen molar-refractivity contribution in [2.75, 3.05) is 20.1 Å². The zero-order valence-corrected chi connectivity index (χ0v) is 28.5. The Kier molecular flexibility index (Phi) is 10.5. The molecule has 0 spiro atoms. The molecule has 1 aliphatic heterocycles. The third-order valence-corrected chi connectivity index (χ3v) is 9.98. The van der Waals surface area contributed by atoms with Crippen LogP contribution in [0.4, 0.5) is 0 Å². The number of hydrogen-bond donors (Lipinski definition) is 1. The van der Waals surface area contributed by atoms with Gasteiger partial charge >= 0.3 is 0 Å². The fourth-order valence-corrected chi connectivity index (χ4v) is 7.30. The van der Waals surface area contributed by atoms with Crippen LogP contribution in [-0.2, 0) is 19.4 Å². The monoisotopic (exact) mass is 605 g/mol. The fraction of sp³-hybridized carbons (Fsp3) is 0.475. The van der Waals surface area contributed by atoms with Gasteiger partial charge in [-0.1, -0.05) is 63.3 Å². The Hall–Kier alpha value is -3.41. The largest absolute Gasteiger partial charge is 0.340 e. The Morgan fingerprint density at radius 1 is 1.02 bits per heavy atom. The van der Waals surface area contributed by atoms with Crippen molar-refractivity contribution in [1.82, 2.24) is 19.2 Å². The number of likely N-dealkylation sites (tertiary alicyclic amines) is 1. The second-order valence-electron chi connectivity index (χ2n) is 13.9. The summed E-state index contributed by atoms with van der Waals surface area (Å²) >= 11 is 0. The zero-order chi connectivity index (χ0) is 32.1. The van der Waals surface area contributed by atoms with E-state index in [0.717, 1.165) is 71.0 Å². The molecule has 0 amide bonds. The molecule has 240 valence electrons. The Balaban J connectivity index is 1.72. The molecule has 1 saturated heterocycles. The Morgan fingerprint density at radius 3 is 2.44 bits per heavy atom. The van der Waals surface area contributed by atoms with Gasteiger partial charge in [0, 0.05) is 29.1 Å². The molecule has 0 radical (unpaired) electrons. The van der Waals surface area contributed by atoms with E-state index in [-0.39, 0.29) is 11.5 Å². The van der Waals surface area contributed by atoms with Gasteiger partial charge in [0.05, 0.1) is 23.6 Å². The van der Waals surface area contributed by atoms with Gasteiger partial charge in [0.1, 0.15) is 0 Å². The Bertz CT molecular complexity index is 1610. The molecular formula is C40H55N5. The van der Waals surface area contributed by atoms with Crippen LogP contribution >= 0.6 is 0 Å². The lowest BCUT2D eigenvalue weighted by molar-refractivity contribution is 0.208. The topological polar surface area (TPSA) is 52.0 Å². The highest BCUT2D eigenvalue weighted by Crippen LogP contribution is 2.43. The van der Waals surface area contributed by atoms with E-state index in [9.17, 15) is 0 Å². The van der Waals surface area contributed by atoms with Crippen LogP contribution in [-0.4, -0.2) is 39.4 Å². The molecule has 1 unspecified atom stereocenters. The van der Waals surface area contributed by atoms with Crippen molar-refractivity contribution in [3.8, 4) is 22.4 Å². The smallest absolute Gasteiger partial charge is 0.0648 e. The van der Waals surface area contributed by atoms with Gasteiger partial charge in [-0.15, -0.1) is 13.2 Å². The van der Waals surface area contributed by atoms with Crippen LogP contribution in [0.3, 0.4) is 0 Å². The van der Waals surface area contributed by atoms with E-state index in [0.29, 0.717) is 6.04 Å². The first-order chi connectivity index (χ1) is 21.7. The number of aryl methyl sites for hydroxylation is 2. The van der Waals surface area contributed by atoms with Crippen molar-refractivity contribution in [3.63, 3.8) is 0 Å². The summed E-state index contributed by atoms with van der Waals surface area (Å²) in [6, 6.07) is 16.4. The number of rotatable bonds is 14. The number of aromatic nitrogens is 3. The molecule has 3 heterocycles. The number of nitrogens with two attached hydrogens (primary N) is 1. The number of piperidine rings is 1. The molecule has 0 saturated carbocycles. The minimum atomic E-state index is -0.0685. The molecule has 2 aromatic heterocycles. The van der Waals surface area contributed by atoms with Gasteiger partial charge in [-0.05, 0) is 118 Å². The summed E-state index contributed by atoms with van der Waals surface area (Å²) in [6.45, 7) is 20.3. The van der Waals surface area contributed by atoms with E-state index in [1.54, 1.807) is 0 Å². The van der Waals surface area contributed by atoms with Crippen molar-refractivity contribution in [3.05, 3.63) is 90.8 Å². The lowest BCUT2D eigenvalue weighted by Gasteiger charge is -2.31. The first-order valence-electron chi connectivity index (χ1n) is 17.2. The third-order valence-electron chi connectivity index (χ3n) is 9.98. The Morgan fingerprint density at radius 2 is 1.76 bits per heavy atom. The van der Waals surface area contributed by atoms with Crippen LogP contribution in [0.25, 0.3) is 33.3 Å². The van der Waals surface area contributed by atoms with Crippen molar-refractivity contribution < 1.29 is 0 Å². The SMILES string of the molecule is C=CCCc1cccc(-c2ccc3c(c2)c(CC(C)(C)CCC=C)c(-c2cnn(C4CCN(C)CC4)c2C(N)CC)n3CC)c1. The van der Waals surface area contributed by atoms with Gasteiger partial charge in [0.25, 0.3) is 0 Å². The number of hydrogen-bond acceptors (Lipinski definition) is 3. The third kappa shape index (κ3) is 7.05. The first kappa shape index (κ1) is 33.0. The molecule has 4 aromatic rings. The lowest BCUT2D eigenvalue weighted by atomic mass is 9.80. The molecule has 2 aromatic carbocycles. The van der Waals surface area contributed by atoms with Gasteiger partial charge in [-0.2, -0.15) is 5.10 Å². The normalized spacial score (nSPS) is 15.5. The highest BCUT2D eigenvalue weighted by Gasteiger charge is 2.31. The van der Waals surface area contributed by atoms with E-state index in [2.05, 4.69) is 117 Å². The van der Waals surface area contributed by atoms with E-state index in [1.807, 2.05) is 6.08 Å². The predicted molar refractivity (Wildman–Crippen MR) is 193 cm³/mol. The summed E-state index contributed by atoms with van der Waals surface area (Å²) in [7, 11) is 2.22. The van der Waals surface area contributed by atoms with Gasteiger partial charge in [0.2, 0.25) is 0 Å². The van der Waals surface area contributed by atoms with Crippen LogP contribution in [0.2, 0.25) is 0 Å². The minimum absolute atomic E-state index is 0.0685. The van der Waals surface area contributed by atoms with Gasteiger partial charge in [-0.3, -0.25) is 4.68 Å². The standard InChI is InChI=1S/C40H55N5/c1-8-12-15-29-16-14-17-30(25-29)31-18-19-37-33(26-31)34(27-40(5,6)22-13-9-2)38(44(37)11-4)35-28-42-45(39(35)36(41)10-3)32-20-23-43(7)24-21-32/h8-9,14,16-19,25-26,28,32,36H,1-2,10-13,15,20-24,27,41H2,3-7H3. The minimum Gasteiger partial charge on any atom is -0.340 e. The molecule has 45 heavy (non-hydrogen) atoms. The number of nitrogens with zero attached hydrogens (tertiary/aromatic N) is 4. The molecule has 0 bridgehead atoms. The summed E-state index contributed by atoms with van der Waals surface area (Å²) in [5, 5.41) is 6.47. The van der Waals surface area contributed by atoms with Crippen LogP contribution in [0, 0.1) is 5.41 Å². The van der Waals surface area contributed by atoms with Crippen molar-refractivity contribution in [2.45, 2.75) is 97.7 Å². The molecule has 1 aliphatic rings. The molecule has 0 aliphatic carbocycles. The summed E-state index contributed by atoms with van der Waals surface area (Å²) in [5.41, 5.74) is 17.4. The molecule has 5 nitrogen and oxygen atoms in total. The van der Waals surface area contributed by atoms with E-state index >= 15 is 0 Å². The average Bonchev–Trinajstić information content (AvgIpc) is 3.61. The van der Waals surface area contributed by atoms with E-state index < -0.39 is 0 Å². The van der Waals surface area contributed by atoms with Crippen LogP contribution in [0.15, 0.2) is 74.0 Å². The van der Waals surface area contributed by atoms with Crippen molar-refractivity contribution in [2.24, 2.45) is 11.1 Å². The first-order valence-corrected chi connectivity index (χ1v) is 17.2. The van der Waals surface area contributed by atoms with Crippen LogP contribution in [0.1, 0.15) is 95.1 Å². The lowest BCUT2D eigenvalue weighted by Crippen LogP contribution is -2.33. The molecule has 1 fully saturated rings. The molecule has 5 rings (SSSR count). The summed E-state index contributed by atoms with van der Waals surface area (Å²) in [6.07, 6.45) is 14.4. The number of fused-ring (bicyclic) bond motifs is 1. The maximum atomic E-state index is 6.99. The summed E-state index contributed by atoms with van der Waals surface area (Å²) in [5.74, 6) is 0. The van der Waals surface area contributed by atoms with Gasteiger partial charge < -0.3 is 15.2 Å². The second kappa shape index (κ2) is 14.3. The predicted octanol–water partition coefficient (Wildman–Crippen LogP) is 9.52. The molecule has 2 N–H and O–H groups in total.